The Morgan fingerprint density at radius 3 is 2.43 bits per heavy atom. The summed E-state index contributed by atoms with van der Waals surface area (Å²) in [7, 11) is -2.54. The number of aromatic nitrogens is 4. The highest BCUT2D eigenvalue weighted by Gasteiger charge is 2.54. The van der Waals surface area contributed by atoms with Crippen molar-refractivity contribution in [2.24, 2.45) is 17.3 Å². The number of benzene rings is 1. The fraction of sp³-hybridized carbons (Fsp3) is 0.622. The first-order chi connectivity index (χ1) is 23.2. The third-order valence-corrected chi connectivity index (χ3v) is 14.0. The van der Waals surface area contributed by atoms with Gasteiger partial charge in [-0.25, -0.2) is 9.67 Å². The smallest absolute Gasteiger partial charge is 0.251 e. The van der Waals surface area contributed by atoms with Gasteiger partial charge < -0.3 is 19.5 Å². The Kier molecular flexibility index (Phi) is 10.1. The van der Waals surface area contributed by atoms with Crippen LogP contribution in [0.1, 0.15) is 43.0 Å². The van der Waals surface area contributed by atoms with Crippen molar-refractivity contribution in [2.45, 2.75) is 104 Å². The van der Waals surface area contributed by atoms with Crippen molar-refractivity contribution in [3.8, 4) is 17.6 Å². The maximum Gasteiger partial charge on any atom is 0.251 e. The minimum atomic E-state index is -1.32. The number of rotatable bonds is 14. The first-order valence-corrected chi connectivity index (χ1v) is 25.3. The molecule has 1 aromatic carbocycles. The number of hydrogen-bond donors (Lipinski definition) is 1. The number of hydrogen-bond acceptors (Lipinski definition) is 7. The fourth-order valence-corrected chi connectivity index (χ4v) is 8.61. The Balaban J connectivity index is 1.38. The summed E-state index contributed by atoms with van der Waals surface area (Å²) >= 11 is 0. The van der Waals surface area contributed by atoms with E-state index in [1.807, 2.05) is 10.6 Å². The number of carbonyl (C=O) groups excluding carboxylic acids is 1. The number of nitriles is 1. The van der Waals surface area contributed by atoms with E-state index in [0.29, 0.717) is 66.0 Å². The van der Waals surface area contributed by atoms with E-state index in [-0.39, 0.29) is 18.6 Å². The third-order valence-electron chi connectivity index (χ3n) is 10.6. The molecule has 0 bridgehead atoms. The van der Waals surface area contributed by atoms with Gasteiger partial charge in [-0.15, -0.1) is 0 Å². The van der Waals surface area contributed by atoms with Gasteiger partial charge in [0.1, 0.15) is 30.7 Å². The van der Waals surface area contributed by atoms with E-state index in [1.165, 1.54) is 17.7 Å². The van der Waals surface area contributed by atoms with Crippen LogP contribution >= 0.6 is 0 Å². The summed E-state index contributed by atoms with van der Waals surface area (Å²) in [5, 5.41) is 18.6. The molecule has 1 aliphatic heterocycles. The quantitative estimate of drug-likeness (QED) is 0.105. The van der Waals surface area contributed by atoms with Crippen LogP contribution in [0, 0.1) is 28.6 Å². The zero-order valence-electron chi connectivity index (χ0n) is 30.6. The van der Waals surface area contributed by atoms with Crippen LogP contribution in [0.3, 0.4) is 0 Å². The largest absolute Gasteiger partial charge is 0.381 e. The van der Waals surface area contributed by atoms with E-state index in [4.69, 9.17) is 24.3 Å². The average molecular weight is 703 g/mol. The van der Waals surface area contributed by atoms with Crippen molar-refractivity contribution in [1.29, 1.82) is 5.26 Å². The van der Waals surface area contributed by atoms with Crippen LogP contribution in [0.25, 0.3) is 22.6 Å². The van der Waals surface area contributed by atoms with Gasteiger partial charge in [0, 0.05) is 65.1 Å². The Morgan fingerprint density at radius 1 is 1.10 bits per heavy atom. The number of ether oxygens (including phenoxy) is 3. The van der Waals surface area contributed by atoms with Crippen LogP contribution in [0.4, 0.5) is 5.69 Å². The molecular formula is C37H54N6O4Si2. The molecule has 3 aromatic rings. The molecule has 3 aliphatic rings. The predicted molar refractivity (Wildman–Crippen MR) is 199 cm³/mol. The van der Waals surface area contributed by atoms with Crippen molar-refractivity contribution < 1.29 is 19.0 Å². The van der Waals surface area contributed by atoms with E-state index in [2.05, 4.69) is 68.9 Å². The Labute approximate surface area is 293 Å². The second kappa shape index (κ2) is 13.9. The summed E-state index contributed by atoms with van der Waals surface area (Å²) in [6.07, 6.45) is 4.70. The minimum absolute atomic E-state index is 0.0824. The molecule has 0 unspecified atom stereocenters. The molecule has 6 rings (SSSR count). The summed E-state index contributed by atoms with van der Waals surface area (Å²) in [6, 6.07) is 8.10. The lowest BCUT2D eigenvalue weighted by Gasteiger charge is -2.23. The number of fused-ring (bicyclic) bond motifs is 3. The molecule has 49 heavy (non-hydrogen) atoms. The second-order valence-corrected chi connectivity index (χ2v) is 28.4. The number of nitrogens with one attached hydrogen (secondary N) is 1. The van der Waals surface area contributed by atoms with E-state index in [0.717, 1.165) is 55.6 Å². The zero-order chi connectivity index (χ0) is 35.1. The molecule has 12 heteroatoms. The lowest BCUT2D eigenvalue weighted by Crippen LogP contribution is -2.24. The standard InChI is InChI=1S/C37H54N6O4Si2/c1-25(26-9-11-45-12-10-26)36(44)39-29-17-27(22-38)33-31(19-29)42(23-46-13-15-48(3,4)5)35(40-33)34-30-18-28-20-37(28,2)21-32(30)43(41-34)24-47-14-16-49(6,7)8/h17,19,26,28H,1,9-16,18,20-21,23-24H2,2-8H3,(H,39,44)/t28-,37-/m1/s1. The van der Waals surface area contributed by atoms with Gasteiger partial charge in [-0.05, 0) is 73.6 Å². The molecule has 264 valence electrons. The van der Waals surface area contributed by atoms with Gasteiger partial charge in [-0.2, -0.15) is 10.4 Å². The van der Waals surface area contributed by atoms with Crippen LogP contribution in [0.15, 0.2) is 24.3 Å². The Bertz CT molecular complexity index is 1770. The summed E-state index contributed by atoms with van der Waals surface area (Å²) < 4.78 is 22.2. The molecule has 3 heterocycles. The van der Waals surface area contributed by atoms with Gasteiger partial charge in [-0.1, -0.05) is 52.8 Å². The van der Waals surface area contributed by atoms with Gasteiger partial charge in [-0.3, -0.25) is 9.36 Å². The van der Waals surface area contributed by atoms with E-state index in [9.17, 15) is 10.1 Å². The van der Waals surface area contributed by atoms with Crippen molar-refractivity contribution in [3.63, 3.8) is 0 Å². The van der Waals surface area contributed by atoms with Gasteiger partial charge in [0.25, 0.3) is 5.91 Å². The first kappa shape index (κ1) is 35.7. The first-order valence-electron chi connectivity index (χ1n) is 17.9. The molecule has 1 amide bonds. The lowest BCUT2D eigenvalue weighted by atomic mass is 9.87. The number of imidazole rings is 1. The summed E-state index contributed by atoms with van der Waals surface area (Å²) in [4.78, 5) is 18.5. The molecule has 1 saturated carbocycles. The summed E-state index contributed by atoms with van der Waals surface area (Å²) in [6.45, 7) is 23.9. The van der Waals surface area contributed by atoms with Gasteiger partial charge in [0.15, 0.2) is 5.82 Å². The van der Waals surface area contributed by atoms with E-state index < -0.39 is 16.1 Å². The van der Waals surface area contributed by atoms with Gasteiger partial charge >= 0.3 is 0 Å². The monoisotopic (exact) mass is 702 g/mol. The van der Waals surface area contributed by atoms with Crippen LogP contribution in [-0.2, 0) is 45.3 Å². The number of amides is 1. The highest BCUT2D eigenvalue weighted by atomic mass is 28.3. The third kappa shape index (κ3) is 8.12. The SMILES string of the molecule is C=C(C(=O)Nc1cc(C#N)c2nc(-c3nn(COCC[Si](C)(C)C)c4c3C[C@@H]3C[C@]3(C)C4)n(COCC[Si](C)(C)C)c2c1)C1CCOCC1. The highest BCUT2D eigenvalue weighted by molar-refractivity contribution is 6.76. The van der Waals surface area contributed by atoms with Crippen LogP contribution < -0.4 is 5.32 Å². The minimum Gasteiger partial charge on any atom is -0.381 e. The van der Waals surface area contributed by atoms with Crippen LogP contribution in [0.5, 0.6) is 0 Å². The molecule has 1 saturated heterocycles. The number of nitrogens with zero attached hydrogens (tertiary/aromatic N) is 5. The molecule has 10 nitrogen and oxygen atoms in total. The zero-order valence-corrected chi connectivity index (χ0v) is 32.6. The molecule has 2 fully saturated rings. The highest BCUT2D eigenvalue weighted by Crippen LogP contribution is 2.60. The Morgan fingerprint density at radius 2 is 1.78 bits per heavy atom. The summed E-state index contributed by atoms with van der Waals surface area (Å²) in [5.41, 5.74) is 6.40. The van der Waals surface area contributed by atoms with Crippen LogP contribution in [0.2, 0.25) is 51.4 Å². The molecule has 2 atom stereocenters. The Hall–Kier alpha value is -3.09. The maximum atomic E-state index is 13.4. The summed E-state index contributed by atoms with van der Waals surface area (Å²) in [5.74, 6) is 1.17. The van der Waals surface area contributed by atoms with E-state index in [1.54, 1.807) is 6.07 Å². The molecule has 2 aromatic heterocycles. The van der Waals surface area contributed by atoms with Gasteiger partial charge in [0.2, 0.25) is 0 Å². The van der Waals surface area contributed by atoms with Crippen molar-refractivity contribution >= 4 is 38.8 Å². The lowest BCUT2D eigenvalue weighted by molar-refractivity contribution is -0.113. The molecule has 0 radical (unpaired) electrons. The van der Waals surface area contributed by atoms with Gasteiger partial charge in [0.05, 0.1) is 11.1 Å². The van der Waals surface area contributed by atoms with Crippen LogP contribution in [-0.4, -0.2) is 67.8 Å². The predicted octanol–water partition coefficient (Wildman–Crippen LogP) is 7.44. The number of anilines is 1. The van der Waals surface area contributed by atoms with Crippen molar-refractivity contribution in [2.75, 3.05) is 31.7 Å². The van der Waals surface area contributed by atoms with E-state index >= 15 is 0 Å². The molecule has 0 spiro atoms. The second-order valence-electron chi connectivity index (χ2n) is 17.1. The average Bonchev–Trinajstić information content (AvgIpc) is 3.40. The van der Waals surface area contributed by atoms with Crippen molar-refractivity contribution in [1.82, 2.24) is 19.3 Å². The number of carbonyl (C=O) groups is 1. The topological polar surface area (TPSA) is 116 Å². The van der Waals surface area contributed by atoms with Crippen molar-refractivity contribution in [3.05, 3.63) is 41.1 Å². The molecular weight excluding hydrogens is 649 g/mol. The fourth-order valence-electron chi connectivity index (χ4n) is 7.10. The molecule has 1 N–H and O–H groups in total. The maximum absolute atomic E-state index is 13.4. The molecule has 2 aliphatic carbocycles. The normalized spacial score (nSPS) is 20.9.